The van der Waals surface area contributed by atoms with Crippen molar-refractivity contribution in [2.24, 2.45) is 5.73 Å². The van der Waals surface area contributed by atoms with Crippen LogP contribution in [-0.2, 0) is 11.3 Å². The number of ether oxygens (including phenoxy) is 1. The van der Waals surface area contributed by atoms with Crippen LogP contribution >= 0.6 is 0 Å². The Balaban J connectivity index is 2.76. The molecule has 0 atom stereocenters. The molecule has 0 aromatic carbocycles. The molecule has 96 valence electrons. The highest BCUT2D eigenvalue weighted by atomic mass is 16.5. The van der Waals surface area contributed by atoms with Gasteiger partial charge in [0.15, 0.2) is 5.76 Å². The minimum atomic E-state index is -0.128. The number of hydrogen-bond acceptors (Lipinski definition) is 4. The largest absolute Gasteiger partial charge is 0.455 e. The molecule has 0 aliphatic heterocycles. The fourth-order valence-corrected chi connectivity index (χ4v) is 1.53. The summed E-state index contributed by atoms with van der Waals surface area (Å²) in [5.74, 6) is 0.816. The predicted octanol–water partition coefficient (Wildman–Crippen LogP) is 1.24. The lowest BCUT2D eigenvalue weighted by Crippen LogP contribution is -2.39. The van der Waals surface area contributed by atoms with E-state index >= 15 is 0 Å². The third-order valence-corrected chi connectivity index (χ3v) is 2.49. The zero-order valence-electron chi connectivity index (χ0n) is 10.6. The number of methoxy groups -OCH3 is 1. The molecule has 5 nitrogen and oxygen atoms in total. The van der Waals surface area contributed by atoms with Crippen molar-refractivity contribution in [2.45, 2.75) is 26.4 Å². The van der Waals surface area contributed by atoms with E-state index in [1.165, 1.54) is 0 Å². The third-order valence-electron chi connectivity index (χ3n) is 2.49. The van der Waals surface area contributed by atoms with E-state index in [9.17, 15) is 4.79 Å². The van der Waals surface area contributed by atoms with Crippen LogP contribution in [0.15, 0.2) is 16.5 Å². The molecule has 1 heterocycles. The van der Waals surface area contributed by atoms with Gasteiger partial charge in [0, 0.05) is 19.7 Å². The Labute approximate surface area is 102 Å². The van der Waals surface area contributed by atoms with Gasteiger partial charge < -0.3 is 19.8 Å². The van der Waals surface area contributed by atoms with Gasteiger partial charge >= 0.3 is 0 Å². The summed E-state index contributed by atoms with van der Waals surface area (Å²) >= 11 is 0. The summed E-state index contributed by atoms with van der Waals surface area (Å²) in [5, 5.41) is 0. The zero-order valence-corrected chi connectivity index (χ0v) is 10.6. The van der Waals surface area contributed by atoms with Crippen molar-refractivity contribution in [3.05, 3.63) is 23.7 Å². The van der Waals surface area contributed by atoms with Gasteiger partial charge in [-0.3, -0.25) is 4.79 Å². The SMILES string of the molecule is COCCN(C(=O)c1ccc(CN)o1)C(C)C. The molecule has 0 bridgehead atoms. The highest BCUT2D eigenvalue weighted by Gasteiger charge is 2.21. The monoisotopic (exact) mass is 240 g/mol. The van der Waals surface area contributed by atoms with Gasteiger partial charge in [-0.1, -0.05) is 0 Å². The number of rotatable bonds is 6. The molecule has 2 N–H and O–H groups in total. The van der Waals surface area contributed by atoms with Crippen LogP contribution in [0, 0.1) is 0 Å². The maximum absolute atomic E-state index is 12.2. The number of nitrogens with two attached hydrogens (primary N) is 1. The van der Waals surface area contributed by atoms with Gasteiger partial charge in [-0.2, -0.15) is 0 Å². The van der Waals surface area contributed by atoms with Crippen molar-refractivity contribution in [3.63, 3.8) is 0 Å². The Morgan fingerprint density at radius 2 is 2.24 bits per heavy atom. The van der Waals surface area contributed by atoms with Crippen LogP contribution in [0.25, 0.3) is 0 Å². The first kappa shape index (κ1) is 13.7. The minimum Gasteiger partial charge on any atom is -0.455 e. The standard InChI is InChI=1S/C12H20N2O3/c1-9(2)14(6-7-16-3)12(15)11-5-4-10(8-13)17-11/h4-5,9H,6-8,13H2,1-3H3. The first-order chi connectivity index (χ1) is 8.10. The Bertz CT molecular complexity index is 360. The molecule has 17 heavy (non-hydrogen) atoms. The van der Waals surface area contributed by atoms with Crippen molar-refractivity contribution >= 4 is 5.91 Å². The average Bonchev–Trinajstić information content (AvgIpc) is 2.77. The summed E-state index contributed by atoms with van der Waals surface area (Å²) in [5.41, 5.74) is 5.44. The van der Waals surface area contributed by atoms with Crippen molar-refractivity contribution in [1.29, 1.82) is 0 Å². The summed E-state index contributed by atoms with van der Waals surface area (Å²) in [6, 6.07) is 3.48. The Hall–Kier alpha value is -1.33. The second kappa shape index (κ2) is 6.42. The molecule has 5 heteroatoms. The topological polar surface area (TPSA) is 68.7 Å². The van der Waals surface area contributed by atoms with Gasteiger partial charge in [-0.25, -0.2) is 0 Å². The van der Waals surface area contributed by atoms with E-state index < -0.39 is 0 Å². The maximum Gasteiger partial charge on any atom is 0.289 e. The predicted molar refractivity (Wildman–Crippen MR) is 64.6 cm³/mol. The molecule has 0 unspecified atom stereocenters. The van der Waals surface area contributed by atoms with Crippen LogP contribution in [0.4, 0.5) is 0 Å². The van der Waals surface area contributed by atoms with Crippen molar-refractivity contribution in [2.75, 3.05) is 20.3 Å². The molecule has 1 rings (SSSR count). The van der Waals surface area contributed by atoms with E-state index in [2.05, 4.69) is 0 Å². The van der Waals surface area contributed by atoms with Crippen molar-refractivity contribution < 1.29 is 13.9 Å². The molecule has 0 fully saturated rings. The average molecular weight is 240 g/mol. The lowest BCUT2D eigenvalue weighted by molar-refractivity contribution is 0.0602. The normalized spacial score (nSPS) is 10.9. The van der Waals surface area contributed by atoms with Gasteiger partial charge in [0.2, 0.25) is 0 Å². The summed E-state index contributed by atoms with van der Waals surface area (Å²) in [4.78, 5) is 13.9. The van der Waals surface area contributed by atoms with Gasteiger partial charge in [-0.05, 0) is 26.0 Å². The number of carbonyl (C=O) groups is 1. The fraction of sp³-hybridized carbons (Fsp3) is 0.583. The molecular weight excluding hydrogens is 220 g/mol. The van der Waals surface area contributed by atoms with E-state index in [1.54, 1.807) is 24.1 Å². The quantitative estimate of drug-likeness (QED) is 0.812. The second-order valence-corrected chi connectivity index (χ2v) is 4.06. The minimum absolute atomic E-state index is 0.101. The summed E-state index contributed by atoms with van der Waals surface area (Å²) in [7, 11) is 1.61. The smallest absolute Gasteiger partial charge is 0.289 e. The van der Waals surface area contributed by atoms with E-state index in [0.717, 1.165) is 0 Å². The molecule has 0 saturated carbocycles. The van der Waals surface area contributed by atoms with Crippen LogP contribution in [0.2, 0.25) is 0 Å². The van der Waals surface area contributed by atoms with Crippen LogP contribution < -0.4 is 5.73 Å². The van der Waals surface area contributed by atoms with Crippen LogP contribution in [0.3, 0.4) is 0 Å². The first-order valence-corrected chi connectivity index (χ1v) is 5.68. The number of nitrogens with zero attached hydrogens (tertiary/aromatic N) is 1. The molecule has 0 radical (unpaired) electrons. The first-order valence-electron chi connectivity index (χ1n) is 5.68. The molecule has 1 aromatic rings. The van der Waals surface area contributed by atoms with E-state index in [1.807, 2.05) is 13.8 Å². The summed E-state index contributed by atoms with van der Waals surface area (Å²) in [6.45, 7) is 5.27. The number of hydrogen-bond donors (Lipinski definition) is 1. The van der Waals surface area contributed by atoms with Gasteiger partial charge in [0.05, 0.1) is 13.2 Å². The number of amides is 1. The van der Waals surface area contributed by atoms with Gasteiger partial charge in [0.25, 0.3) is 5.91 Å². The van der Waals surface area contributed by atoms with E-state index in [-0.39, 0.29) is 11.9 Å². The summed E-state index contributed by atoms with van der Waals surface area (Å²) in [6.07, 6.45) is 0. The van der Waals surface area contributed by atoms with Gasteiger partial charge in [-0.15, -0.1) is 0 Å². The van der Waals surface area contributed by atoms with Crippen LogP contribution in [0.5, 0.6) is 0 Å². The lowest BCUT2D eigenvalue weighted by atomic mass is 10.3. The molecule has 0 aliphatic carbocycles. The summed E-state index contributed by atoms with van der Waals surface area (Å²) < 4.78 is 10.3. The second-order valence-electron chi connectivity index (χ2n) is 4.06. The fourth-order valence-electron chi connectivity index (χ4n) is 1.53. The highest BCUT2D eigenvalue weighted by Crippen LogP contribution is 2.12. The molecule has 0 saturated heterocycles. The Kier molecular flexibility index (Phi) is 5.18. The Morgan fingerprint density at radius 3 is 2.71 bits per heavy atom. The molecule has 1 aromatic heterocycles. The lowest BCUT2D eigenvalue weighted by Gasteiger charge is -2.25. The maximum atomic E-state index is 12.2. The molecule has 1 amide bonds. The number of furan rings is 1. The van der Waals surface area contributed by atoms with Gasteiger partial charge in [0.1, 0.15) is 5.76 Å². The zero-order chi connectivity index (χ0) is 12.8. The highest BCUT2D eigenvalue weighted by molar-refractivity contribution is 5.91. The third kappa shape index (κ3) is 3.57. The van der Waals surface area contributed by atoms with E-state index in [0.29, 0.717) is 31.2 Å². The molecular formula is C12H20N2O3. The van der Waals surface area contributed by atoms with Crippen molar-refractivity contribution in [1.82, 2.24) is 4.90 Å². The van der Waals surface area contributed by atoms with E-state index in [4.69, 9.17) is 14.9 Å². The Morgan fingerprint density at radius 1 is 1.53 bits per heavy atom. The number of carbonyl (C=O) groups excluding carboxylic acids is 1. The van der Waals surface area contributed by atoms with Crippen LogP contribution in [0.1, 0.15) is 30.2 Å². The van der Waals surface area contributed by atoms with Crippen LogP contribution in [-0.4, -0.2) is 37.1 Å². The molecule has 0 spiro atoms. The molecule has 0 aliphatic rings. The van der Waals surface area contributed by atoms with Crippen molar-refractivity contribution in [3.8, 4) is 0 Å².